The predicted octanol–water partition coefficient (Wildman–Crippen LogP) is 4.18. The summed E-state index contributed by atoms with van der Waals surface area (Å²) in [4.78, 5) is 16.6. The average Bonchev–Trinajstić information content (AvgIpc) is 3.33. The summed E-state index contributed by atoms with van der Waals surface area (Å²) in [5.41, 5.74) is 1.49. The summed E-state index contributed by atoms with van der Waals surface area (Å²) in [6.45, 7) is 2.52. The van der Waals surface area contributed by atoms with E-state index in [1.54, 1.807) is 12.1 Å². The first kappa shape index (κ1) is 19.2. The zero-order chi connectivity index (χ0) is 20.2. The number of aromatic nitrogens is 3. The van der Waals surface area contributed by atoms with E-state index in [-0.39, 0.29) is 22.6 Å². The molecule has 0 unspecified atom stereocenters. The van der Waals surface area contributed by atoms with Crippen molar-refractivity contribution in [2.24, 2.45) is 0 Å². The van der Waals surface area contributed by atoms with Gasteiger partial charge in [0, 0.05) is 5.56 Å². The molecule has 0 aliphatic heterocycles. The van der Waals surface area contributed by atoms with Gasteiger partial charge in [0.2, 0.25) is 11.8 Å². The second-order valence-electron chi connectivity index (χ2n) is 5.84. The molecule has 1 amide bonds. The van der Waals surface area contributed by atoms with Crippen LogP contribution in [0, 0.1) is 0 Å². The number of ether oxygens (including phenoxy) is 1. The highest BCUT2D eigenvalue weighted by Crippen LogP contribution is 2.30. The molecule has 2 N–H and O–H groups in total. The molecule has 0 saturated carbocycles. The molecule has 0 aliphatic carbocycles. The predicted molar refractivity (Wildman–Crippen MR) is 112 cm³/mol. The highest BCUT2D eigenvalue weighted by atomic mass is 32.2. The summed E-state index contributed by atoms with van der Waals surface area (Å²) in [6, 6.07) is 12.1. The quantitative estimate of drug-likeness (QED) is 0.422. The van der Waals surface area contributed by atoms with Gasteiger partial charge in [-0.1, -0.05) is 23.1 Å². The van der Waals surface area contributed by atoms with Gasteiger partial charge in [-0.3, -0.25) is 4.79 Å². The molecule has 0 saturated heterocycles. The molecule has 0 spiro atoms. The maximum Gasteiger partial charge on any atom is 0.277 e. The molecule has 0 atom stereocenters. The van der Waals surface area contributed by atoms with Gasteiger partial charge < -0.3 is 19.6 Å². The third-order valence-electron chi connectivity index (χ3n) is 3.76. The van der Waals surface area contributed by atoms with Crippen LogP contribution in [0.5, 0.6) is 11.5 Å². The normalized spacial score (nSPS) is 10.9. The molecule has 29 heavy (non-hydrogen) atoms. The first-order valence-electron chi connectivity index (χ1n) is 8.69. The molecule has 2 aromatic heterocycles. The van der Waals surface area contributed by atoms with Gasteiger partial charge >= 0.3 is 0 Å². The van der Waals surface area contributed by atoms with Crippen LogP contribution >= 0.6 is 23.1 Å². The lowest BCUT2D eigenvalue weighted by molar-refractivity contribution is -0.113. The monoisotopic (exact) mass is 428 g/mol. The Labute approximate surface area is 173 Å². The van der Waals surface area contributed by atoms with Crippen molar-refractivity contribution in [2.45, 2.75) is 12.1 Å². The second-order valence-corrected chi connectivity index (χ2v) is 7.80. The fourth-order valence-corrected chi connectivity index (χ4v) is 3.96. The Morgan fingerprint density at radius 2 is 2.07 bits per heavy atom. The summed E-state index contributed by atoms with van der Waals surface area (Å²) >= 11 is 2.52. The van der Waals surface area contributed by atoms with Crippen molar-refractivity contribution in [3.8, 4) is 23.0 Å². The summed E-state index contributed by atoms with van der Waals surface area (Å²) in [7, 11) is 0. The number of hydrogen-bond donors (Lipinski definition) is 2. The number of amides is 1. The third kappa shape index (κ3) is 4.66. The van der Waals surface area contributed by atoms with Crippen LogP contribution in [0.3, 0.4) is 0 Å². The number of anilines is 1. The molecule has 0 fully saturated rings. The Bertz CT molecular complexity index is 1140. The van der Waals surface area contributed by atoms with Crippen LogP contribution in [0.2, 0.25) is 0 Å². The number of phenols is 1. The maximum atomic E-state index is 12.2. The van der Waals surface area contributed by atoms with E-state index in [2.05, 4.69) is 20.5 Å². The SMILES string of the molecule is CCOc1ccc2nc(NC(=O)CSc3nnc(-c4ccc(O)cc4)o3)sc2c1. The smallest absolute Gasteiger partial charge is 0.277 e. The number of nitrogens with one attached hydrogen (secondary N) is 1. The topological polar surface area (TPSA) is 110 Å². The lowest BCUT2D eigenvalue weighted by Gasteiger charge is -2.00. The summed E-state index contributed by atoms with van der Waals surface area (Å²) in [5.74, 6) is 1.14. The molecule has 10 heteroatoms. The van der Waals surface area contributed by atoms with Crippen molar-refractivity contribution in [3.63, 3.8) is 0 Å². The molecular weight excluding hydrogens is 412 g/mol. The van der Waals surface area contributed by atoms with E-state index in [1.807, 2.05) is 25.1 Å². The van der Waals surface area contributed by atoms with E-state index in [4.69, 9.17) is 9.15 Å². The van der Waals surface area contributed by atoms with Gasteiger partial charge in [0.25, 0.3) is 5.22 Å². The van der Waals surface area contributed by atoms with Crippen molar-refractivity contribution in [3.05, 3.63) is 42.5 Å². The van der Waals surface area contributed by atoms with Gasteiger partial charge in [0.1, 0.15) is 11.5 Å². The van der Waals surface area contributed by atoms with Gasteiger partial charge in [-0.25, -0.2) is 4.98 Å². The van der Waals surface area contributed by atoms with Gasteiger partial charge in [-0.05, 0) is 49.4 Å². The van der Waals surface area contributed by atoms with E-state index in [9.17, 15) is 9.90 Å². The summed E-state index contributed by atoms with van der Waals surface area (Å²) in [5, 5.41) is 20.8. The van der Waals surface area contributed by atoms with Crippen molar-refractivity contribution >= 4 is 44.4 Å². The second kappa shape index (κ2) is 8.50. The number of aromatic hydroxyl groups is 1. The highest BCUT2D eigenvalue weighted by molar-refractivity contribution is 7.99. The van der Waals surface area contributed by atoms with Crippen LogP contribution in [-0.2, 0) is 4.79 Å². The number of benzene rings is 2. The number of carbonyl (C=O) groups excluding carboxylic acids is 1. The van der Waals surface area contributed by atoms with Gasteiger partial charge in [-0.2, -0.15) is 0 Å². The maximum absolute atomic E-state index is 12.2. The van der Waals surface area contributed by atoms with Gasteiger partial charge in [0.05, 0.1) is 22.6 Å². The number of thiazole rings is 1. The number of hydrogen-bond acceptors (Lipinski definition) is 9. The van der Waals surface area contributed by atoms with Gasteiger partial charge in [0.15, 0.2) is 5.13 Å². The number of phenolic OH excluding ortho intramolecular Hbond substituents is 1. The van der Waals surface area contributed by atoms with Crippen LogP contribution in [-0.4, -0.2) is 38.6 Å². The molecule has 0 bridgehead atoms. The molecular formula is C19H16N4O4S2. The zero-order valence-electron chi connectivity index (χ0n) is 15.3. The average molecular weight is 428 g/mol. The van der Waals surface area contributed by atoms with E-state index < -0.39 is 0 Å². The summed E-state index contributed by atoms with van der Waals surface area (Å²) in [6.07, 6.45) is 0. The molecule has 2 heterocycles. The van der Waals surface area contributed by atoms with E-state index in [0.29, 0.717) is 23.2 Å². The number of fused-ring (bicyclic) bond motifs is 1. The largest absolute Gasteiger partial charge is 0.508 e. The van der Waals surface area contributed by atoms with E-state index in [1.165, 1.54) is 23.5 Å². The Morgan fingerprint density at radius 3 is 2.86 bits per heavy atom. The lowest BCUT2D eigenvalue weighted by atomic mass is 10.2. The Morgan fingerprint density at radius 1 is 1.24 bits per heavy atom. The Balaban J connectivity index is 1.35. The number of rotatable bonds is 7. The fraction of sp³-hybridized carbons (Fsp3) is 0.158. The van der Waals surface area contributed by atoms with Crippen molar-refractivity contribution < 1.29 is 19.1 Å². The molecule has 2 aromatic carbocycles. The zero-order valence-corrected chi connectivity index (χ0v) is 16.9. The van der Waals surface area contributed by atoms with Gasteiger partial charge in [-0.15, -0.1) is 10.2 Å². The van der Waals surface area contributed by atoms with E-state index >= 15 is 0 Å². The number of thioether (sulfide) groups is 1. The first-order chi connectivity index (χ1) is 14.1. The minimum absolute atomic E-state index is 0.108. The highest BCUT2D eigenvalue weighted by Gasteiger charge is 2.13. The van der Waals surface area contributed by atoms with Crippen molar-refractivity contribution in [2.75, 3.05) is 17.7 Å². The first-order valence-corrected chi connectivity index (χ1v) is 10.5. The van der Waals surface area contributed by atoms with Crippen LogP contribution in [0.25, 0.3) is 21.7 Å². The van der Waals surface area contributed by atoms with Crippen LogP contribution in [0.15, 0.2) is 52.1 Å². The molecule has 8 nitrogen and oxygen atoms in total. The third-order valence-corrected chi connectivity index (χ3v) is 5.52. The van der Waals surface area contributed by atoms with E-state index in [0.717, 1.165) is 27.7 Å². The molecule has 0 radical (unpaired) electrons. The Kier molecular flexibility index (Phi) is 5.63. The van der Waals surface area contributed by atoms with Crippen LogP contribution in [0.4, 0.5) is 5.13 Å². The number of carbonyl (C=O) groups is 1. The van der Waals surface area contributed by atoms with Crippen molar-refractivity contribution in [1.82, 2.24) is 15.2 Å². The molecule has 0 aliphatic rings. The lowest BCUT2D eigenvalue weighted by Crippen LogP contribution is -2.13. The van der Waals surface area contributed by atoms with Crippen LogP contribution < -0.4 is 10.1 Å². The Hall–Kier alpha value is -3.11. The number of nitrogens with zero attached hydrogens (tertiary/aromatic N) is 3. The standard InChI is InChI=1S/C19H16N4O4S2/c1-2-26-13-7-8-14-15(9-13)29-18(20-14)21-16(25)10-28-19-23-22-17(27-19)11-3-5-12(24)6-4-11/h3-9,24H,2,10H2,1H3,(H,20,21,25). The summed E-state index contributed by atoms with van der Waals surface area (Å²) < 4.78 is 12.0. The minimum Gasteiger partial charge on any atom is -0.508 e. The van der Waals surface area contributed by atoms with Crippen LogP contribution in [0.1, 0.15) is 6.92 Å². The minimum atomic E-state index is -0.219. The molecule has 4 rings (SSSR count). The fourth-order valence-electron chi connectivity index (χ4n) is 2.49. The van der Waals surface area contributed by atoms with Crippen molar-refractivity contribution in [1.29, 1.82) is 0 Å². The molecule has 4 aromatic rings. The molecule has 148 valence electrons.